The highest BCUT2D eigenvalue weighted by Gasteiger charge is 2.19. The van der Waals surface area contributed by atoms with E-state index in [9.17, 15) is 5.11 Å². The van der Waals surface area contributed by atoms with Gasteiger partial charge in [0.2, 0.25) is 0 Å². The summed E-state index contributed by atoms with van der Waals surface area (Å²) in [7, 11) is -0.606. The lowest BCUT2D eigenvalue weighted by atomic mass is 10.0. The van der Waals surface area contributed by atoms with E-state index in [2.05, 4.69) is 47.8 Å². The van der Waals surface area contributed by atoms with Crippen LogP contribution in [0.15, 0.2) is 84.9 Å². The zero-order valence-corrected chi connectivity index (χ0v) is 17.3. The fourth-order valence-corrected chi connectivity index (χ4v) is 5.35. The van der Waals surface area contributed by atoms with Crippen LogP contribution in [0.2, 0.25) is 0 Å². The largest absolute Gasteiger partial charge is 0.494 e. The van der Waals surface area contributed by atoms with Gasteiger partial charge in [-0.2, -0.15) is 0 Å². The van der Waals surface area contributed by atoms with Crippen molar-refractivity contribution in [3.63, 3.8) is 0 Å². The van der Waals surface area contributed by atoms with Gasteiger partial charge in [0, 0.05) is 12.3 Å². The van der Waals surface area contributed by atoms with Crippen LogP contribution in [0.4, 0.5) is 0 Å². The fraction of sp³-hybridized carbons (Fsp3) is 0.250. The van der Waals surface area contributed by atoms with E-state index in [4.69, 9.17) is 4.74 Å². The second-order valence-corrected chi connectivity index (χ2v) is 8.91. The van der Waals surface area contributed by atoms with Crippen molar-refractivity contribution in [2.75, 3.05) is 12.9 Å². The molecule has 0 heterocycles. The third-order valence-corrected chi connectivity index (χ3v) is 7.02. The number of aliphatic hydroxyl groups is 1. The van der Waals surface area contributed by atoms with E-state index in [1.165, 1.54) is 10.6 Å². The standard InChI is InChI=1S/C24H28NO2P/c1-3-27-21-13-10-16-23(17-21)28(22-14-8-5-9-15-22)18-25-19(2)24(26)20-11-6-4-7-12-20/h4-17,19,24-26H,3,18H2,1-2H3/t19-,24-,28-/m0/s1. The molecule has 2 N–H and O–H groups in total. The third-order valence-electron chi connectivity index (χ3n) is 4.69. The van der Waals surface area contributed by atoms with E-state index < -0.39 is 14.0 Å². The van der Waals surface area contributed by atoms with Crippen LogP contribution in [0.1, 0.15) is 25.5 Å². The van der Waals surface area contributed by atoms with Crippen LogP contribution in [0.5, 0.6) is 5.75 Å². The molecular formula is C24H28NO2P. The van der Waals surface area contributed by atoms with Gasteiger partial charge in [-0.05, 0) is 50.1 Å². The minimum absolute atomic E-state index is 0.0498. The monoisotopic (exact) mass is 393 g/mol. The first-order valence-electron chi connectivity index (χ1n) is 9.71. The molecule has 0 amide bonds. The van der Waals surface area contributed by atoms with Crippen molar-refractivity contribution in [1.82, 2.24) is 5.32 Å². The summed E-state index contributed by atoms with van der Waals surface area (Å²) in [6, 6.07) is 28.7. The van der Waals surface area contributed by atoms with E-state index in [0.717, 1.165) is 17.6 Å². The van der Waals surface area contributed by atoms with Crippen LogP contribution in [-0.2, 0) is 0 Å². The summed E-state index contributed by atoms with van der Waals surface area (Å²) in [5.41, 5.74) is 0.935. The highest BCUT2D eigenvalue weighted by atomic mass is 31.1. The van der Waals surface area contributed by atoms with E-state index in [1.807, 2.05) is 56.3 Å². The van der Waals surface area contributed by atoms with Crippen molar-refractivity contribution in [3.05, 3.63) is 90.5 Å². The molecule has 0 unspecified atom stereocenters. The molecule has 4 heteroatoms. The maximum Gasteiger partial charge on any atom is 0.119 e. The fourth-order valence-electron chi connectivity index (χ4n) is 3.13. The number of hydrogen-bond acceptors (Lipinski definition) is 3. The lowest BCUT2D eigenvalue weighted by molar-refractivity contribution is 0.139. The topological polar surface area (TPSA) is 41.5 Å². The molecule has 0 radical (unpaired) electrons. The van der Waals surface area contributed by atoms with Crippen molar-refractivity contribution in [2.45, 2.75) is 26.0 Å². The first-order valence-corrected chi connectivity index (χ1v) is 11.2. The smallest absolute Gasteiger partial charge is 0.119 e. The SMILES string of the molecule is CCOc1cccc([P@@](CN[C@@H](C)[C@H](O)c2ccccc2)c2ccccc2)c1. The molecule has 0 aliphatic rings. The van der Waals surface area contributed by atoms with Gasteiger partial charge in [0.25, 0.3) is 0 Å². The van der Waals surface area contributed by atoms with E-state index in [-0.39, 0.29) is 6.04 Å². The molecule has 146 valence electrons. The number of rotatable bonds is 9. The highest BCUT2D eigenvalue weighted by Crippen LogP contribution is 2.34. The first kappa shape index (κ1) is 20.5. The summed E-state index contributed by atoms with van der Waals surface area (Å²) in [5, 5.41) is 16.8. The minimum atomic E-state index is -0.606. The number of ether oxygens (including phenoxy) is 1. The molecule has 0 bridgehead atoms. The molecule has 3 atom stereocenters. The normalized spacial score (nSPS) is 14.2. The Kier molecular flexibility index (Phi) is 7.62. The van der Waals surface area contributed by atoms with Gasteiger partial charge in [0.15, 0.2) is 0 Å². The Morgan fingerprint density at radius 2 is 1.54 bits per heavy atom. The summed E-state index contributed by atoms with van der Waals surface area (Å²) in [6.45, 7) is 4.69. The van der Waals surface area contributed by atoms with E-state index >= 15 is 0 Å². The van der Waals surface area contributed by atoms with Crippen LogP contribution in [0.25, 0.3) is 0 Å². The lowest BCUT2D eigenvalue weighted by Crippen LogP contribution is -2.34. The van der Waals surface area contributed by atoms with Crippen LogP contribution < -0.4 is 20.7 Å². The molecule has 0 spiro atoms. The molecule has 3 aromatic rings. The maximum atomic E-state index is 10.7. The molecule has 28 heavy (non-hydrogen) atoms. The Labute approximate surface area is 169 Å². The Morgan fingerprint density at radius 3 is 2.21 bits per heavy atom. The van der Waals surface area contributed by atoms with Crippen LogP contribution in [-0.4, -0.2) is 24.0 Å². The highest BCUT2D eigenvalue weighted by molar-refractivity contribution is 7.72. The van der Waals surface area contributed by atoms with Crippen LogP contribution in [0.3, 0.4) is 0 Å². The van der Waals surface area contributed by atoms with E-state index in [0.29, 0.717) is 6.61 Å². The Morgan fingerprint density at radius 1 is 0.893 bits per heavy atom. The second-order valence-electron chi connectivity index (χ2n) is 6.70. The Balaban J connectivity index is 1.77. The number of nitrogens with one attached hydrogen (secondary N) is 1. The zero-order chi connectivity index (χ0) is 19.8. The molecule has 0 fully saturated rings. The summed E-state index contributed by atoms with van der Waals surface area (Å²) < 4.78 is 5.70. The summed E-state index contributed by atoms with van der Waals surface area (Å²) >= 11 is 0. The second kappa shape index (κ2) is 10.4. The van der Waals surface area contributed by atoms with Gasteiger partial charge in [-0.25, -0.2) is 0 Å². The van der Waals surface area contributed by atoms with Gasteiger partial charge in [-0.15, -0.1) is 0 Å². The molecule has 3 aromatic carbocycles. The maximum absolute atomic E-state index is 10.7. The number of aliphatic hydroxyl groups excluding tert-OH is 1. The minimum Gasteiger partial charge on any atom is -0.494 e. The van der Waals surface area contributed by atoms with Gasteiger partial charge in [-0.3, -0.25) is 0 Å². The molecule has 3 rings (SSSR count). The number of benzene rings is 3. The summed E-state index contributed by atoms with van der Waals surface area (Å²) in [6.07, 6.45) is 0.253. The first-order chi connectivity index (χ1) is 13.7. The van der Waals surface area contributed by atoms with Crippen LogP contribution >= 0.6 is 7.92 Å². The number of hydrogen-bond donors (Lipinski definition) is 2. The Bertz CT molecular complexity index is 841. The van der Waals surface area contributed by atoms with Gasteiger partial charge in [-0.1, -0.05) is 72.8 Å². The summed E-state index contributed by atoms with van der Waals surface area (Å²) in [5.74, 6) is 0.904. The van der Waals surface area contributed by atoms with Crippen molar-refractivity contribution in [3.8, 4) is 5.75 Å². The molecule has 3 nitrogen and oxygen atoms in total. The van der Waals surface area contributed by atoms with Crippen molar-refractivity contribution in [2.24, 2.45) is 0 Å². The molecule has 0 saturated carbocycles. The average Bonchev–Trinajstić information content (AvgIpc) is 2.75. The van der Waals surface area contributed by atoms with Crippen LogP contribution in [0, 0.1) is 0 Å². The van der Waals surface area contributed by atoms with Gasteiger partial charge in [0.1, 0.15) is 5.75 Å². The zero-order valence-electron chi connectivity index (χ0n) is 16.5. The molecular weight excluding hydrogens is 365 g/mol. The van der Waals surface area contributed by atoms with Gasteiger partial charge < -0.3 is 15.2 Å². The molecule has 0 aliphatic heterocycles. The van der Waals surface area contributed by atoms with Gasteiger partial charge in [0.05, 0.1) is 12.7 Å². The van der Waals surface area contributed by atoms with E-state index in [1.54, 1.807) is 0 Å². The predicted octanol–water partition coefficient (Wildman–Crippen LogP) is 4.19. The van der Waals surface area contributed by atoms with Crippen molar-refractivity contribution >= 4 is 18.5 Å². The predicted molar refractivity (Wildman–Crippen MR) is 119 cm³/mol. The molecule has 0 saturated heterocycles. The average molecular weight is 393 g/mol. The molecule has 0 aliphatic carbocycles. The lowest BCUT2D eigenvalue weighted by Gasteiger charge is -2.25. The third kappa shape index (κ3) is 5.42. The molecule has 0 aromatic heterocycles. The Hall–Kier alpha value is -2.19. The van der Waals surface area contributed by atoms with Gasteiger partial charge >= 0.3 is 0 Å². The van der Waals surface area contributed by atoms with Crippen molar-refractivity contribution < 1.29 is 9.84 Å². The quantitative estimate of drug-likeness (QED) is 0.536. The van der Waals surface area contributed by atoms with Crippen molar-refractivity contribution in [1.29, 1.82) is 0 Å². The summed E-state index contributed by atoms with van der Waals surface area (Å²) in [4.78, 5) is 0.